The lowest BCUT2D eigenvalue weighted by atomic mass is 9.66. The van der Waals surface area contributed by atoms with Gasteiger partial charge in [0.05, 0.1) is 13.2 Å². The molecule has 1 aliphatic carbocycles. The Labute approximate surface area is 250 Å². The molecule has 42 heavy (non-hydrogen) atoms. The molecule has 1 aliphatic rings. The van der Waals surface area contributed by atoms with Crippen LogP contribution in [0.15, 0.2) is 84.9 Å². The zero-order valence-electron chi connectivity index (χ0n) is 24.6. The van der Waals surface area contributed by atoms with Crippen molar-refractivity contribution in [1.29, 1.82) is 0 Å². The average Bonchev–Trinajstić information content (AvgIpc) is 3.03. The van der Waals surface area contributed by atoms with E-state index < -0.39 is 5.41 Å². The van der Waals surface area contributed by atoms with E-state index in [1.165, 1.54) is 32.1 Å². The van der Waals surface area contributed by atoms with E-state index >= 15 is 0 Å². The molecule has 4 aromatic rings. The highest BCUT2D eigenvalue weighted by Gasteiger charge is 2.36. The van der Waals surface area contributed by atoms with Gasteiger partial charge in [-0.2, -0.15) is 0 Å². The van der Waals surface area contributed by atoms with Crippen LogP contribution in [0.5, 0.6) is 11.5 Å². The topological polar surface area (TPSA) is 80.9 Å². The second-order valence-corrected chi connectivity index (χ2v) is 11.9. The number of aliphatic hydroxyl groups is 2. The monoisotopic (exact) mass is 564 g/mol. The Balaban J connectivity index is 1.77. The van der Waals surface area contributed by atoms with Crippen LogP contribution in [0.1, 0.15) is 92.9 Å². The van der Waals surface area contributed by atoms with Gasteiger partial charge in [-0.15, -0.1) is 0 Å². The molecule has 4 N–H and O–H groups in total. The third-order valence-corrected chi connectivity index (χ3v) is 9.20. The predicted octanol–water partition coefficient (Wildman–Crippen LogP) is 9.01. The van der Waals surface area contributed by atoms with E-state index in [2.05, 4.69) is 12.1 Å². The van der Waals surface area contributed by atoms with Gasteiger partial charge < -0.3 is 20.4 Å². The zero-order chi connectivity index (χ0) is 29.4. The average molecular weight is 565 g/mol. The van der Waals surface area contributed by atoms with E-state index in [1.807, 2.05) is 72.8 Å². The Morgan fingerprint density at radius 1 is 0.476 bits per heavy atom. The summed E-state index contributed by atoms with van der Waals surface area (Å²) in [4.78, 5) is 0. The molecule has 1 saturated carbocycles. The Kier molecular flexibility index (Phi) is 9.99. The normalized spacial score (nSPS) is 16.3. The van der Waals surface area contributed by atoms with Crippen molar-refractivity contribution in [3.8, 4) is 33.8 Å². The van der Waals surface area contributed by atoms with Crippen molar-refractivity contribution in [3.63, 3.8) is 0 Å². The first-order valence-corrected chi connectivity index (χ1v) is 15.6. The number of aromatic hydroxyl groups is 2. The fraction of sp³-hybridized carbons (Fsp3) is 0.368. The molecule has 0 radical (unpaired) electrons. The van der Waals surface area contributed by atoms with Gasteiger partial charge in [0, 0.05) is 27.7 Å². The number of hydrogen-bond acceptors (Lipinski definition) is 4. The number of phenols is 2. The summed E-state index contributed by atoms with van der Waals surface area (Å²) in [5, 5.41) is 43.3. The van der Waals surface area contributed by atoms with Crippen molar-refractivity contribution in [2.24, 2.45) is 0 Å². The summed E-state index contributed by atoms with van der Waals surface area (Å²) in [7, 11) is 0. The first kappa shape index (κ1) is 29.9. The summed E-state index contributed by atoms with van der Waals surface area (Å²) >= 11 is 0. The third-order valence-electron chi connectivity index (χ3n) is 9.20. The highest BCUT2D eigenvalue weighted by atomic mass is 16.3. The third kappa shape index (κ3) is 6.40. The van der Waals surface area contributed by atoms with E-state index in [9.17, 15) is 20.4 Å². The molecule has 5 rings (SSSR count). The second-order valence-electron chi connectivity index (χ2n) is 11.9. The predicted molar refractivity (Wildman–Crippen MR) is 170 cm³/mol. The van der Waals surface area contributed by atoms with Gasteiger partial charge in [-0.25, -0.2) is 0 Å². The summed E-state index contributed by atoms with van der Waals surface area (Å²) in [6.45, 7) is -0.523. The molecule has 0 heterocycles. The molecule has 0 atom stereocenters. The van der Waals surface area contributed by atoms with E-state index in [4.69, 9.17) is 0 Å². The molecule has 4 aromatic carbocycles. The summed E-state index contributed by atoms with van der Waals surface area (Å²) < 4.78 is 0. The van der Waals surface area contributed by atoms with E-state index in [1.54, 1.807) is 0 Å². The summed E-state index contributed by atoms with van der Waals surface area (Å²) in [6, 6.07) is 27.9. The van der Waals surface area contributed by atoms with Crippen LogP contribution < -0.4 is 0 Å². The van der Waals surface area contributed by atoms with Crippen LogP contribution in [0.3, 0.4) is 0 Å². The van der Waals surface area contributed by atoms with E-state index in [0.29, 0.717) is 22.3 Å². The molecule has 0 amide bonds. The van der Waals surface area contributed by atoms with Crippen LogP contribution in [-0.2, 0) is 18.6 Å². The highest BCUT2D eigenvalue weighted by molar-refractivity contribution is 5.75. The molecule has 0 unspecified atom stereocenters. The number of rotatable bonds is 6. The largest absolute Gasteiger partial charge is 0.507 e. The minimum Gasteiger partial charge on any atom is -0.507 e. The standard InChI is InChI=1S/C38H44O4/c39-26-30-22-32(24-34(36(30)41)28-16-10-8-11-17-28)38(20-14-6-4-2-1-3-5-7-15-21-38)33-23-31(27-40)37(42)35(25-33)29-18-12-9-13-19-29/h8-13,16-19,22-25,39-42H,1-7,14-15,20-21,26-27H2. The maximum atomic E-state index is 11.3. The van der Waals surface area contributed by atoms with Crippen LogP contribution in [0.4, 0.5) is 0 Å². The molecule has 1 fully saturated rings. The van der Waals surface area contributed by atoms with Crippen molar-refractivity contribution < 1.29 is 20.4 Å². The van der Waals surface area contributed by atoms with Crippen LogP contribution in [0, 0.1) is 0 Å². The molecule has 0 spiro atoms. The summed E-state index contributed by atoms with van der Waals surface area (Å²) in [5.41, 5.74) is 5.97. The van der Waals surface area contributed by atoms with Gasteiger partial charge in [-0.3, -0.25) is 0 Å². The first-order chi connectivity index (χ1) is 20.6. The Bertz CT molecular complexity index is 1330. The number of benzene rings is 4. The molecular formula is C38H44O4. The van der Waals surface area contributed by atoms with E-state index in [-0.39, 0.29) is 24.7 Å². The van der Waals surface area contributed by atoms with Gasteiger partial charge in [0.1, 0.15) is 11.5 Å². The molecule has 0 bridgehead atoms. The summed E-state index contributed by atoms with van der Waals surface area (Å²) in [6.07, 6.45) is 12.5. The van der Waals surface area contributed by atoms with Gasteiger partial charge in [-0.1, -0.05) is 118 Å². The molecule has 4 heteroatoms. The first-order valence-electron chi connectivity index (χ1n) is 15.6. The smallest absolute Gasteiger partial charge is 0.128 e. The number of aliphatic hydroxyl groups excluding tert-OH is 2. The molecular weight excluding hydrogens is 520 g/mol. The van der Waals surface area contributed by atoms with Crippen molar-refractivity contribution in [3.05, 3.63) is 107 Å². The fourth-order valence-electron chi connectivity index (χ4n) is 6.82. The van der Waals surface area contributed by atoms with Gasteiger partial charge in [0.25, 0.3) is 0 Å². The van der Waals surface area contributed by atoms with Crippen molar-refractivity contribution >= 4 is 0 Å². The summed E-state index contributed by atoms with van der Waals surface area (Å²) in [5.74, 6) is 0.227. The SMILES string of the molecule is OCc1cc(C2(c3cc(CO)c(O)c(-c4ccccc4)c3)CCCCCCCCCCC2)cc(-c2ccccc2)c1O. The minimum atomic E-state index is -0.429. The Hall–Kier alpha value is -3.60. The maximum absolute atomic E-state index is 11.3. The highest BCUT2D eigenvalue weighted by Crippen LogP contribution is 2.48. The van der Waals surface area contributed by atoms with Crippen molar-refractivity contribution in [2.45, 2.75) is 89.3 Å². The van der Waals surface area contributed by atoms with Crippen LogP contribution in [-0.4, -0.2) is 20.4 Å². The van der Waals surface area contributed by atoms with Gasteiger partial charge in [-0.05, 0) is 59.4 Å². The van der Waals surface area contributed by atoms with Crippen molar-refractivity contribution in [2.75, 3.05) is 0 Å². The maximum Gasteiger partial charge on any atom is 0.128 e. The van der Waals surface area contributed by atoms with Crippen LogP contribution >= 0.6 is 0 Å². The van der Waals surface area contributed by atoms with Crippen molar-refractivity contribution in [1.82, 2.24) is 0 Å². The molecule has 4 nitrogen and oxygen atoms in total. The van der Waals surface area contributed by atoms with Crippen LogP contribution in [0.2, 0.25) is 0 Å². The van der Waals surface area contributed by atoms with Crippen LogP contribution in [0.25, 0.3) is 22.3 Å². The lowest BCUT2D eigenvalue weighted by Gasteiger charge is -2.38. The molecule has 0 aliphatic heterocycles. The fourth-order valence-corrected chi connectivity index (χ4v) is 6.82. The van der Waals surface area contributed by atoms with Gasteiger partial charge in [0.2, 0.25) is 0 Å². The van der Waals surface area contributed by atoms with Gasteiger partial charge >= 0.3 is 0 Å². The quantitative estimate of drug-likeness (QED) is 0.188. The lowest BCUT2D eigenvalue weighted by molar-refractivity contribution is 0.274. The van der Waals surface area contributed by atoms with Gasteiger partial charge in [0.15, 0.2) is 0 Å². The second kappa shape index (κ2) is 14.0. The zero-order valence-corrected chi connectivity index (χ0v) is 24.6. The lowest BCUT2D eigenvalue weighted by Crippen LogP contribution is -2.29. The Morgan fingerprint density at radius 2 is 0.833 bits per heavy atom. The Morgan fingerprint density at radius 3 is 1.19 bits per heavy atom. The number of hydrogen-bond donors (Lipinski definition) is 4. The molecule has 0 saturated heterocycles. The molecule has 220 valence electrons. The molecule has 0 aromatic heterocycles. The van der Waals surface area contributed by atoms with E-state index in [0.717, 1.165) is 60.8 Å². The minimum absolute atomic E-state index is 0.113.